The number of amides is 2. The van der Waals surface area contributed by atoms with Crippen LogP contribution >= 0.6 is 0 Å². The lowest BCUT2D eigenvalue weighted by molar-refractivity contribution is -0.145. The molecule has 0 aliphatic carbocycles. The minimum Gasteiger partial charge on any atom is -0.493 e. The molecule has 6 heteroatoms. The molecule has 0 spiro atoms. The second-order valence-corrected chi connectivity index (χ2v) is 5.10. The summed E-state index contributed by atoms with van der Waals surface area (Å²) in [5.74, 6) is -0.149. The van der Waals surface area contributed by atoms with E-state index in [4.69, 9.17) is 9.47 Å². The average molecular weight is 332 g/mol. The number of hydrogen-bond donors (Lipinski definition) is 1. The monoisotopic (exact) mass is 332 g/mol. The molecule has 0 fully saturated rings. The van der Waals surface area contributed by atoms with Crippen LogP contribution in [0.15, 0.2) is 43.5 Å². The minimum absolute atomic E-state index is 0.281. The van der Waals surface area contributed by atoms with Crippen molar-refractivity contribution in [2.75, 3.05) is 27.3 Å². The van der Waals surface area contributed by atoms with Crippen molar-refractivity contribution >= 4 is 11.8 Å². The van der Waals surface area contributed by atoms with Crippen LogP contribution < -0.4 is 14.8 Å². The normalized spacial score (nSPS) is 11.1. The molecule has 1 atom stereocenters. The third-order valence-electron chi connectivity index (χ3n) is 3.44. The lowest BCUT2D eigenvalue weighted by Gasteiger charge is -2.21. The number of carbonyl (C=O) groups is 2. The molecule has 0 aromatic heterocycles. The van der Waals surface area contributed by atoms with Crippen LogP contribution in [-0.2, 0) is 9.59 Å². The maximum absolute atomic E-state index is 12.2. The topological polar surface area (TPSA) is 67.9 Å². The van der Waals surface area contributed by atoms with E-state index >= 15 is 0 Å². The van der Waals surface area contributed by atoms with Crippen LogP contribution in [0.25, 0.3) is 0 Å². The smallest absolute Gasteiger partial charge is 0.312 e. The van der Waals surface area contributed by atoms with Crippen molar-refractivity contribution in [2.24, 2.45) is 0 Å². The molecule has 130 valence electrons. The van der Waals surface area contributed by atoms with Crippen molar-refractivity contribution in [1.29, 1.82) is 0 Å². The van der Waals surface area contributed by atoms with E-state index in [1.807, 2.05) is 6.07 Å². The van der Waals surface area contributed by atoms with E-state index < -0.39 is 11.8 Å². The SMILES string of the molecule is C=CCN(CC=C)C(=O)C(=O)NC(C)c1ccc(OC)c(OC)c1. The molecule has 0 saturated carbocycles. The Labute approximate surface area is 142 Å². The Balaban J connectivity index is 2.84. The Morgan fingerprint density at radius 1 is 1.17 bits per heavy atom. The highest BCUT2D eigenvalue weighted by molar-refractivity contribution is 6.35. The van der Waals surface area contributed by atoms with E-state index in [-0.39, 0.29) is 19.1 Å². The first-order valence-electron chi connectivity index (χ1n) is 7.51. The van der Waals surface area contributed by atoms with Crippen molar-refractivity contribution in [3.8, 4) is 11.5 Å². The maximum Gasteiger partial charge on any atom is 0.312 e. The Morgan fingerprint density at radius 2 is 1.75 bits per heavy atom. The zero-order valence-electron chi connectivity index (χ0n) is 14.4. The first-order valence-corrected chi connectivity index (χ1v) is 7.51. The molecular formula is C18H24N2O4. The van der Waals surface area contributed by atoms with Crippen molar-refractivity contribution in [1.82, 2.24) is 10.2 Å². The van der Waals surface area contributed by atoms with Crippen molar-refractivity contribution < 1.29 is 19.1 Å². The van der Waals surface area contributed by atoms with Gasteiger partial charge in [0.05, 0.1) is 20.3 Å². The number of nitrogens with zero attached hydrogens (tertiary/aromatic N) is 1. The van der Waals surface area contributed by atoms with Gasteiger partial charge in [0.25, 0.3) is 0 Å². The van der Waals surface area contributed by atoms with Gasteiger partial charge in [-0.3, -0.25) is 9.59 Å². The summed E-state index contributed by atoms with van der Waals surface area (Å²) in [4.78, 5) is 25.7. The second kappa shape index (κ2) is 9.39. The van der Waals surface area contributed by atoms with Gasteiger partial charge in [0.1, 0.15) is 0 Å². The molecule has 1 rings (SSSR count). The number of benzene rings is 1. The van der Waals surface area contributed by atoms with E-state index in [2.05, 4.69) is 18.5 Å². The number of nitrogens with one attached hydrogen (secondary N) is 1. The van der Waals surface area contributed by atoms with Crippen LogP contribution in [0.1, 0.15) is 18.5 Å². The van der Waals surface area contributed by atoms with Gasteiger partial charge >= 0.3 is 11.8 Å². The third kappa shape index (κ3) is 4.87. The highest BCUT2D eigenvalue weighted by Gasteiger charge is 2.22. The van der Waals surface area contributed by atoms with E-state index in [1.54, 1.807) is 38.3 Å². The first-order chi connectivity index (χ1) is 11.5. The van der Waals surface area contributed by atoms with Gasteiger partial charge in [-0.25, -0.2) is 0 Å². The molecule has 1 aromatic carbocycles. The summed E-state index contributed by atoms with van der Waals surface area (Å²) in [6, 6.07) is 4.96. The number of rotatable bonds is 8. The molecule has 0 saturated heterocycles. The van der Waals surface area contributed by atoms with Crippen molar-refractivity contribution in [3.05, 3.63) is 49.1 Å². The van der Waals surface area contributed by atoms with E-state index in [0.717, 1.165) is 5.56 Å². The van der Waals surface area contributed by atoms with E-state index in [1.165, 1.54) is 12.0 Å². The Hall–Kier alpha value is -2.76. The standard InChI is InChI=1S/C18H24N2O4/c1-6-10-20(11-7-2)18(22)17(21)19-13(3)14-8-9-15(23-4)16(12-14)24-5/h6-9,12-13H,1-2,10-11H2,3-5H3,(H,19,21). The second-order valence-electron chi connectivity index (χ2n) is 5.10. The molecule has 0 aliphatic heterocycles. The van der Waals surface area contributed by atoms with Gasteiger partial charge < -0.3 is 19.7 Å². The number of methoxy groups -OCH3 is 2. The molecule has 1 aromatic rings. The van der Waals surface area contributed by atoms with Gasteiger partial charge in [-0.05, 0) is 24.6 Å². The molecule has 1 unspecified atom stereocenters. The number of ether oxygens (including phenoxy) is 2. The molecule has 24 heavy (non-hydrogen) atoms. The molecule has 1 N–H and O–H groups in total. The predicted octanol–water partition coefficient (Wildman–Crippen LogP) is 2.08. The molecule has 0 bridgehead atoms. The summed E-state index contributed by atoms with van der Waals surface area (Å²) in [6.45, 7) is 9.52. The summed E-state index contributed by atoms with van der Waals surface area (Å²) in [5.41, 5.74) is 0.799. The lowest BCUT2D eigenvalue weighted by atomic mass is 10.1. The maximum atomic E-state index is 12.2. The number of hydrogen-bond acceptors (Lipinski definition) is 4. The first kappa shape index (κ1) is 19.3. The van der Waals surface area contributed by atoms with Gasteiger partial charge in [0, 0.05) is 13.1 Å². The fourth-order valence-electron chi connectivity index (χ4n) is 2.16. The van der Waals surface area contributed by atoms with Crippen LogP contribution in [-0.4, -0.2) is 44.0 Å². The summed E-state index contributed by atoms with van der Waals surface area (Å²) >= 11 is 0. The van der Waals surface area contributed by atoms with Gasteiger partial charge in [-0.15, -0.1) is 13.2 Å². The minimum atomic E-state index is -0.680. The average Bonchev–Trinajstić information content (AvgIpc) is 2.60. The molecule has 0 heterocycles. The van der Waals surface area contributed by atoms with Crippen molar-refractivity contribution in [2.45, 2.75) is 13.0 Å². The fraction of sp³-hybridized carbons (Fsp3) is 0.333. The molecule has 6 nitrogen and oxygen atoms in total. The molecular weight excluding hydrogens is 308 g/mol. The summed E-state index contributed by atoms with van der Waals surface area (Å²) in [5, 5.41) is 2.69. The van der Waals surface area contributed by atoms with Gasteiger partial charge in [-0.1, -0.05) is 18.2 Å². The van der Waals surface area contributed by atoms with Crippen LogP contribution in [0.4, 0.5) is 0 Å². The largest absolute Gasteiger partial charge is 0.493 e. The summed E-state index contributed by atoms with van der Waals surface area (Å²) in [6.07, 6.45) is 3.12. The van der Waals surface area contributed by atoms with Crippen LogP contribution in [0.3, 0.4) is 0 Å². The third-order valence-corrected chi connectivity index (χ3v) is 3.44. The quantitative estimate of drug-likeness (QED) is 0.585. The van der Waals surface area contributed by atoms with E-state index in [0.29, 0.717) is 11.5 Å². The lowest BCUT2D eigenvalue weighted by Crippen LogP contribution is -2.43. The fourth-order valence-corrected chi connectivity index (χ4v) is 2.16. The zero-order chi connectivity index (χ0) is 18.1. The van der Waals surface area contributed by atoms with E-state index in [9.17, 15) is 9.59 Å². The Kier molecular flexibility index (Phi) is 7.55. The Bertz CT molecular complexity index is 603. The molecule has 0 aliphatic rings. The number of carbonyl (C=O) groups excluding carboxylic acids is 2. The van der Waals surface area contributed by atoms with Gasteiger partial charge in [0.15, 0.2) is 11.5 Å². The highest BCUT2D eigenvalue weighted by atomic mass is 16.5. The summed E-state index contributed by atoms with van der Waals surface area (Å²) in [7, 11) is 3.09. The van der Waals surface area contributed by atoms with Gasteiger partial charge in [0.2, 0.25) is 0 Å². The Morgan fingerprint density at radius 3 is 2.25 bits per heavy atom. The predicted molar refractivity (Wildman–Crippen MR) is 93.1 cm³/mol. The van der Waals surface area contributed by atoms with Gasteiger partial charge in [-0.2, -0.15) is 0 Å². The van der Waals surface area contributed by atoms with Crippen LogP contribution in [0.5, 0.6) is 11.5 Å². The summed E-state index contributed by atoms with van der Waals surface area (Å²) < 4.78 is 10.4. The highest BCUT2D eigenvalue weighted by Crippen LogP contribution is 2.29. The zero-order valence-corrected chi connectivity index (χ0v) is 14.4. The van der Waals surface area contributed by atoms with Crippen LogP contribution in [0, 0.1) is 0 Å². The molecule has 0 radical (unpaired) electrons. The van der Waals surface area contributed by atoms with Crippen molar-refractivity contribution in [3.63, 3.8) is 0 Å². The molecule has 2 amide bonds. The van der Waals surface area contributed by atoms with Crippen LogP contribution in [0.2, 0.25) is 0 Å².